The Kier molecular flexibility index (Phi) is 7.33. The molecule has 16 heavy (non-hydrogen) atoms. The number of alkyl halides is 1. The fourth-order valence-corrected chi connectivity index (χ4v) is 2.07. The van der Waals surface area contributed by atoms with E-state index in [4.69, 9.17) is 11.6 Å². The maximum Gasteiger partial charge on any atom is 0.0223 e. The minimum absolute atomic E-state index is 0.823. The second-order valence-electron chi connectivity index (χ2n) is 4.55. The van der Waals surface area contributed by atoms with Gasteiger partial charge in [-0.3, -0.25) is 0 Å². The van der Waals surface area contributed by atoms with Crippen LogP contribution >= 0.6 is 11.6 Å². The molecule has 0 heterocycles. The van der Waals surface area contributed by atoms with Gasteiger partial charge in [0.05, 0.1) is 0 Å². The number of aryl methyl sites for hydroxylation is 2. The molecule has 0 N–H and O–H groups in total. The average molecular weight is 239 g/mol. The normalized spacial score (nSPS) is 10.6. The molecule has 0 bridgehead atoms. The van der Waals surface area contributed by atoms with E-state index >= 15 is 0 Å². The van der Waals surface area contributed by atoms with Crippen LogP contribution in [0, 0.1) is 6.92 Å². The van der Waals surface area contributed by atoms with Crippen LogP contribution in [0.2, 0.25) is 0 Å². The highest BCUT2D eigenvalue weighted by molar-refractivity contribution is 6.17. The standard InChI is InChI=1S/C15H23Cl/c1-14-9-11-15(12-10-14)8-6-4-2-3-5-7-13-16/h9-12H,2-8,13H2,1H3. The van der Waals surface area contributed by atoms with Crippen LogP contribution in [0.5, 0.6) is 0 Å². The van der Waals surface area contributed by atoms with E-state index < -0.39 is 0 Å². The Bertz CT molecular complexity index is 263. The van der Waals surface area contributed by atoms with Crippen molar-refractivity contribution < 1.29 is 0 Å². The maximum absolute atomic E-state index is 5.63. The maximum atomic E-state index is 5.63. The smallest absolute Gasteiger partial charge is 0.0223 e. The first-order chi connectivity index (χ1) is 7.83. The molecule has 0 saturated heterocycles. The Morgan fingerprint density at radius 2 is 1.38 bits per heavy atom. The zero-order chi connectivity index (χ0) is 11.6. The van der Waals surface area contributed by atoms with Crippen molar-refractivity contribution in [1.29, 1.82) is 0 Å². The van der Waals surface area contributed by atoms with Crippen LogP contribution < -0.4 is 0 Å². The van der Waals surface area contributed by atoms with Crippen molar-refractivity contribution in [3.63, 3.8) is 0 Å². The third-order valence-corrected chi connectivity index (χ3v) is 3.24. The first-order valence-electron chi connectivity index (χ1n) is 6.44. The van der Waals surface area contributed by atoms with Gasteiger partial charge in [-0.2, -0.15) is 0 Å². The van der Waals surface area contributed by atoms with Crippen molar-refractivity contribution in [2.24, 2.45) is 0 Å². The Balaban J connectivity index is 2.01. The summed E-state index contributed by atoms with van der Waals surface area (Å²) in [5.41, 5.74) is 2.83. The van der Waals surface area contributed by atoms with Crippen LogP contribution in [0.15, 0.2) is 24.3 Å². The molecule has 0 saturated carbocycles. The molecule has 0 fully saturated rings. The summed E-state index contributed by atoms with van der Waals surface area (Å²) < 4.78 is 0. The molecule has 0 nitrogen and oxygen atoms in total. The number of unbranched alkanes of at least 4 members (excludes halogenated alkanes) is 5. The van der Waals surface area contributed by atoms with Crippen LogP contribution in [0.1, 0.15) is 49.7 Å². The number of halogens is 1. The largest absolute Gasteiger partial charge is 0.127 e. The topological polar surface area (TPSA) is 0 Å². The van der Waals surface area contributed by atoms with Gasteiger partial charge in [-0.25, -0.2) is 0 Å². The van der Waals surface area contributed by atoms with E-state index in [2.05, 4.69) is 31.2 Å². The lowest BCUT2D eigenvalue weighted by Gasteiger charge is -2.02. The third-order valence-electron chi connectivity index (χ3n) is 2.97. The Morgan fingerprint density at radius 1 is 0.812 bits per heavy atom. The molecule has 0 unspecified atom stereocenters. The summed E-state index contributed by atoms with van der Waals surface area (Å²) in [7, 11) is 0. The molecular formula is C15H23Cl. The fourth-order valence-electron chi connectivity index (χ4n) is 1.89. The summed E-state index contributed by atoms with van der Waals surface area (Å²) in [6.45, 7) is 2.14. The summed E-state index contributed by atoms with van der Waals surface area (Å²) in [4.78, 5) is 0. The molecule has 1 heteroatoms. The van der Waals surface area contributed by atoms with E-state index in [0.29, 0.717) is 0 Å². The molecule has 0 spiro atoms. The minimum Gasteiger partial charge on any atom is -0.127 e. The zero-order valence-electron chi connectivity index (χ0n) is 10.3. The number of benzene rings is 1. The molecule has 0 aliphatic heterocycles. The van der Waals surface area contributed by atoms with Gasteiger partial charge in [0.1, 0.15) is 0 Å². The third kappa shape index (κ3) is 6.17. The van der Waals surface area contributed by atoms with E-state index in [0.717, 1.165) is 5.88 Å². The van der Waals surface area contributed by atoms with Crippen molar-refractivity contribution >= 4 is 11.6 Å². The Hall–Kier alpha value is -0.490. The average Bonchev–Trinajstić information content (AvgIpc) is 2.30. The van der Waals surface area contributed by atoms with Gasteiger partial charge < -0.3 is 0 Å². The van der Waals surface area contributed by atoms with Crippen molar-refractivity contribution in [3.8, 4) is 0 Å². The highest BCUT2D eigenvalue weighted by Crippen LogP contribution is 2.10. The molecule has 1 rings (SSSR count). The quantitative estimate of drug-likeness (QED) is 0.436. The summed E-state index contributed by atoms with van der Waals surface area (Å²) in [5.74, 6) is 0.823. The summed E-state index contributed by atoms with van der Waals surface area (Å²) in [6.07, 6.45) is 9.10. The number of hydrogen-bond acceptors (Lipinski definition) is 0. The summed E-state index contributed by atoms with van der Waals surface area (Å²) in [6, 6.07) is 8.91. The SMILES string of the molecule is Cc1ccc(CCCCCCCCCl)cc1. The molecule has 0 aliphatic carbocycles. The predicted octanol–water partition coefficient (Wildman–Crippen LogP) is 5.12. The zero-order valence-corrected chi connectivity index (χ0v) is 11.1. The highest BCUT2D eigenvalue weighted by atomic mass is 35.5. The Labute approximate surface area is 105 Å². The van der Waals surface area contributed by atoms with E-state index in [-0.39, 0.29) is 0 Å². The molecule has 1 aromatic carbocycles. The van der Waals surface area contributed by atoms with Gasteiger partial charge in [0.15, 0.2) is 0 Å². The van der Waals surface area contributed by atoms with E-state index in [1.807, 2.05) is 0 Å². The molecule has 1 aromatic rings. The molecule has 0 aliphatic rings. The predicted molar refractivity (Wildman–Crippen MR) is 73.3 cm³/mol. The summed E-state index contributed by atoms with van der Waals surface area (Å²) >= 11 is 5.63. The van der Waals surface area contributed by atoms with Crippen LogP contribution in [0.4, 0.5) is 0 Å². The van der Waals surface area contributed by atoms with Gasteiger partial charge in [0.2, 0.25) is 0 Å². The van der Waals surface area contributed by atoms with Crippen LogP contribution in [-0.2, 0) is 6.42 Å². The molecule has 0 radical (unpaired) electrons. The fraction of sp³-hybridized carbons (Fsp3) is 0.600. The van der Waals surface area contributed by atoms with Crippen molar-refractivity contribution in [2.75, 3.05) is 5.88 Å². The number of hydrogen-bond donors (Lipinski definition) is 0. The molecule has 0 amide bonds. The second kappa shape index (κ2) is 8.64. The minimum atomic E-state index is 0.823. The summed E-state index contributed by atoms with van der Waals surface area (Å²) in [5, 5.41) is 0. The lowest BCUT2D eigenvalue weighted by molar-refractivity contribution is 0.609. The molecule has 0 atom stereocenters. The highest BCUT2D eigenvalue weighted by Gasteiger charge is 1.94. The molecular weight excluding hydrogens is 216 g/mol. The van der Waals surface area contributed by atoms with Gasteiger partial charge in [-0.15, -0.1) is 11.6 Å². The van der Waals surface area contributed by atoms with Gasteiger partial charge >= 0.3 is 0 Å². The Morgan fingerprint density at radius 3 is 2.00 bits per heavy atom. The second-order valence-corrected chi connectivity index (χ2v) is 4.92. The van der Waals surface area contributed by atoms with E-state index in [9.17, 15) is 0 Å². The first kappa shape index (κ1) is 13.6. The van der Waals surface area contributed by atoms with Crippen LogP contribution in [0.25, 0.3) is 0 Å². The van der Waals surface area contributed by atoms with E-state index in [1.165, 1.54) is 56.1 Å². The molecule has 0 aromatic heterocycles. The van der Waals surface area contributed by atoms with Crippen molar-refractivity contribution in [2.45, 2.75) is 51.9 Å². The van der Waals surface area contributed by atoms with Gasteiger partial charge in [-0.1, -0.05) is 55.5 Å². The van der Waals surface area contributed by atoms with Crippen LogP contribution in [-0.4, -0.2) is 5.88 Å². The first-order valence-corrected chi connectivity index (χ1v) is 6.98. The number of rotatable bonds is 8. The monoisotopic (exact) mass is 238 g/mol. The van der Waals surface area contributed by atoms with E-state index in [1.54, 1.807) is 0 Å². The van der Waals surface area contributed by atoms with Crippen molar-refractivity contribution in [1.82, 2.24) is 0 Å². The van der Waals surface area contributed by atoms with Crippen molar-refractivity contribution in [3.05, 3.63) is 35.4 Å². The van der Waals surface area contributed by atoms with Crippen LogP contribution in [0.3, 0.4) is 0 Å². The lowest BCUT2D eigenvalue weighted by atomic mass is 10.0. The molecule has 90 valence electrons. The lowest BCUT2D eigenvalue weighted by Crippen LogP contribution is -1.86. The van der Waals surface area contributed by atoms with Gasteiger partial charge in [0, 0.05) is 5.88 Å². The van der Waals surface area contributed by atoms with Gasteiger partial charge in [0.25, 0.3) is 0 Å². The van der Waals surface area contributed by atoms with Gasteiger partial charge in [-0.05, 0) is 31.7 Å².